The Morgan fingerprint density at radius 3 is 2.94 bits per heavy atom. The number of hydrogen-bond acceptors (Lipinski definition) is 3. The summed E-state index contributed by atoms with van der Waals surface area (Å²) in [4.78, 5) is 11.2. The molecule has 1 aromatic carbocycles. The zero-order valence-corrected chi connectivity index (χ0v) is 10.3. The predicted molar refractivity (Wildman–Crippen MR) is 65.1 cm³/mol. The maximum atomic E-state index is 11.2. The average Bonchev–Trinajstić information content (AvgIpc) is 2.70. The Kier molecular flexibility index (Phi) is 2.74. The molecule has 0 aromatic heterocycles. The second-order valence-electron chi connectivity index (χ2n) is 5.07. The van der Waals surface area contributed by atoms with Crippen LogP contribution in [-0.2, 0) is 4.74 Å². The first-order valence-electron chi connectivity index (χ1n) is 6.19. The van der Waals surface area contributed by atoms with Crippen LogP contribution in [0.25, 0.3) is 0 Å². The largest absolute Gasteiger partial charge is 0.496 e. The van der Waals surface area contributed by atoms with Crippen LogP contribution in [0.15, 0.2) is 18.2 Å². The van der Waals surface area contributed by atoms with Gasteiger partial charge in [0.1, 0.15) is 11.3 Å². The van der Waals surface area contributed by atoms with Gasteiger partial charge in [0.15, 0.2) is 0 Å². The lowest BCUT2D eigenvalue weighted by molar-refractivity contribution is 0.0693. The van der Waals surface area contributed by atoms with Gasteiger partial charge in [-0.3, -0.25) is 0 Å². The van der Waals surface area contributed by atoms with Crippen LogP contribution in [0.4, 0.5) is 0 Å². The van der Waals surface area contributed by atoms with E-state index in [4.69, 9.17) is 9.47 Å². The summed E-state index contributed by atoms with van der Waals surface area (Å²) >= 11 is 0. The number of carboxylic acid groups (broad SMARTS) is 1. The quantitative estimate of drug-likeness (QED) is 0.890. The maximum Gasteiger partial charge on any atom is 0.339 e. The summed E-state index contributed by atoms with van der Waals surface area (Å²) < 4.78 is 10.5. The molecule has 18 heavy (non-hydrogen) atoms. The molecule has 0 radical (unpaired) electrons. The summed E-state index contributed by atoms with van der Waals surface area (Å²) in [7, 11) is 1.49. The Morgan fingerprint density at radius 2 is 2.28 bits per heavy atom. The molecule has 1 saturated heterocycles. The zero-order chi connectivity index (χ0) is 12.7. The van der Waals surface area contributed by atoms with Crippen molar-refractivity contribution in [2.45, 2.75) is 12.3 Å². The van der Waals surface area contributed by atoms with Crippen LogP contribution in [0.2, 0.25) is 0 Å². The third kappa shape index (κ3) is 1.68. The normalized spacial score (nSPS) is 29.5. The number of hydrogen-bond donors (Lipinski definition) is 1. The number of carbonyl (C=O) groups is 1. The highest BCUT2D eigenvalue weighted by Gasteiger charge is 2.45. The van der Waals surface area contributed by atoms with Gasteiger partial charge < -0.3 is 14.6 Å². The molecule has 0 spiro atoms. The molecule has 2 aliphatic rings. The first-order chi connectivity index (χ1) is 8.70. The van der Waals surface area contributed by atoms with E-state index in [1.807, 2.05) is 6.07 Å². The van der Waals surface area contributed by atoms with E-state index in [-0.39, 0.29) is 5.56 Å². The highest BCUT2D eigenvalue weighted by atomic mass is 16.5. The maximum absolute atomic E-state index is 11.2. The minimum absolute atomic E-state index is 0.248. The van der Waals surface area contributed by atoms with Crippen LogP contribution in [-0.4, -0.2) is 31.4 Å². The SMILES string of the molecule is COc1ccc(C2CC3COCC32)cc1C(=O)O. The molecule has 1 N–H and O–H groups in total. The standard InChI is InChI=1S/C14H16O4/c1-17-13-3-2-8(4-11(13)14(15)16)10-5-9-6-18-7-12(9)10/h2-4,9-10,12H,5-7H2,1H3,(H,15,16). The number of methoxy groups -OCH3 is 1. The fraction of sp³-hybridized carbons (Fsp3) is 0.500. The lowest BCUT2D eigenvalue weighted by Gasteiger charge is -2.39. The van der Waals surface area contributed by atoms with E-state index in [1.54, 1.807) is 12.1 Å². The van der Waals surface area contributed by atoms with Gasteiger partial charge in [-0.25, -0.2) is 4.79 Å². The van der Waals surface area contributed by atoms with E-state index in [9.17, 15) is 9.90 Å². The lowest BCUT2D eigenvalue weighted by atomic mass is 9.64. The Morgan fingerprint density at radius 1 is 1.44 bits per heavy atom. The molecular formula is C14H16O4. The second kappa shape index (κ2) is 4.28. The molecule has 1 heterocycles. The summed E-state index contributed by atoms with van der Waals surface area (Å²) in [6, 6.07) is 5.48. The van der Waals surface area contributed by atoms with Crippen molar-refractivity contribution >= 4 is 5.97 Å². The number of rotatable bonds is 3. The molecule has 0 bridgehead atoms. The van der Waals surface area contributed by atoms with Gasteiger partial charge in [-0.15, -0.1) is 0 Å². The highest BCUT2D eigenvalue weighted by Crippen LogP contribution is 2.50. The van der Waals surface area contributed by atoms with Crippen LogP contribution in [0.1, 0.15) is 28.3 Å². The van der Waals surface area contributed by atoms with E-state index in [0.717, 1.165) is 25.2 Å². The topological polar surface area (TPSA) is 55.8 Å². The molecule has 1 aliphatic carbocycles. The molecular weight excluding hydrogens is 232 g/mol. The molecule has 0 amide bonds. The molecule has 1 aromatic rings. The summed E-state index contributed by atoms with van der Waals surface area (Å²) in [6.07, 6.45) is 1.11. The fourth-order valence-electron chi connectivity index (χ4n) is 3.11. The van der Waals surface area contributed by atoms with Crippen LogP contribution < -0.4 is 4.74 Å². The van der Waals surface area contributed by atoms with Crippen molar-refractivity contribution in [2.24, 2.45) is 11.8 Å². The highest BCUT2D eigenvalue weighted by molar-refractivity contribution is 5.91. The zero-order valence-electron chi connectivity index (χ0n) is 10.3. The average molecular weight is 248 g/mol. The molecule has 1 aliphatic heterocycles. The Bertz CT molecular complexity index is 483. The Hall–Kier alpha value is -1.55. The Labute approximate surface area is 106 Å². The smallest absolute Gasteiger partial charge is 0.339 e. The minimum Gasteiger partial charge on any atom is -0.496 e. The third-order valence-corrected chi connectivity index (χ3v) is 4.20. The van der Waals surface area contributed by atoms with Crippen LogP contribution in [0.3, 0.4) is 0 Å². The number of fused-ring (bicyclic) bond motifs is 1. The van der Waals surface area contributed by atoms with Crippen molar-refractivity contribution in [1.29, 1.82) is 0 Å². The van der Waals surface area contributed by atoms with Crippen molar-refractivity contribution < 1.29 is 19.4 Å². The molecule has 4 nitrogen and oxygen atoms in total. The van der Waals surface area contributed by atoms with Crippen molar-refractivity contribution in [3.8, 4) is 5.75 Å². The van der Waals surface area contributed by atoms with E-state index >= 15 is 0 Å². The van der Waals surface area contributed by atoms with Crippen LogP contribution in [0.5, 0.6) is 5.75 Å². The van der Waals surface area contributed by atoms with Gasteiger partial charge >= 0.3 is 5.97 Å². The van der Waals surface area contributed by atoms with Gasteiger partial charge in [0, 0.05) is 6.61 Å². The summed E-state index contributed by atoms with van der Waals surface area (Å²) in [6.45, 7) is 1.67. The first-order valence-corrected chi connectivity index (χ1v) is 6.19. The van der Waals surface area contributed by atoms with E-state index in [1.165, 1.54) is 7.11 Å². The van der Waals surface area contributed by atoms with Crippen molar-refractivity contribution in [1.82, 2.24) is 0 Å². The summed E-state index contributed by atoms with van der Waals surface area (Å²) in [5, 5.41) is 9.18. The molecule has 2 fully saturated rings. The minimum atomic E-state index is -0.938. The van der Waals surface area contributed by atoms with E-state index in [0.29, 0.717) is 23.5 Å². The second-order valence-corrected chi connectivity index (χ2v) is 5.07. The Balaban J connectivity index is 1.89. The van der Waals surface area contributed by atoms with E-state index < -0.39 is 5.97 Å². The van der Waals surface area contributed by atoms with Crippen LogP contribution in [0, 0.1) is 11.8 Å². The van der Waals surface area contributed by atoms with Crippen molar-refractivity contribution in [2.75, 3.05) is 20.3 Å². The van der Waals surface area contributed by atoms with Gasteiger partial charge in [-0.05, 0) is 41.9 Å². The molecule has 1 saturated carbocycles. The van der Waals surface area contributed by atoms with Crippen molar-refractivity contribution in [3.63, 3.8) is 0 Å². The predicted octanol–water partition coefficient (Wildman–Crippen LogP) is 2.14. The van der Waals surface area contributed by atoms with Gasteiger partial charge in [0.05, 0.1) is 13.7 Å². The monoisotopic (exact) mass is 248 g/mol. The van der Waals surface area contributed by atoms with E-state index in [2.05, 4.69) is 0 Å². The molecule has 3 rings (SSSR count). The molecule has 3 unspecified atom stereocenters. The number of aromatic carboxylic acids is 1. The molecule has 96 valence electrons. The van der Waals surface area contributed by atoms with Gasteiger partial charge in [0.2, 0.25) is 0 Å². The number of ether oxygens (including phenoxy) is 2. The van der Waals surface area contributed by atoms with Crippen LogP contribution >= 0.6 is 0 Å². The third-order valence-electron chi connectivity index (χ3n) is 4.20. The fourth-order valence-corrected chi connectivity index (χ4v) is 3.11. The first kappa shape index (κ1) is 11.5. The van der Waals surface area contributed by atoms with Gasteiger partial charge in [0.25, 0.3) is 0 Å². The summed E-state index contributed by atoms with van der Waals surface area (Å²) in [5.74, 6) is 1.17. The van der Waals surface area contributed by atoms with Crippen molar-refractivity contribution in [3.05, 3.63) is 29.3 Å². The summed E-state index contributed by atoms with van der Waals surface area (Å²) in [5.41, 5.74) is 1.34. The molecule has 4 heteroatoms. The van der Waals surface area contributed by atoms with Gasteiger partial charge in [-0.1, -0.05) is 6.07 Å². The molecule has 3 atom stereocenters. The lowest BCUT2D eigenvalue weighted by Crippen LogP contribution is -2.33. The number of carboxylic acids is 1. The number of benzene rings is 1. The van der Waals surface area contributed by atoms with Gasteiger partial charge in [-0.2, -0.15) is 0 Å².